The number of anilines is 1. The number of carbonyl (C=O) groups excluding carboxylic acids is 2. The van der Waals surface area contributed by atoms with E-state index in [-0.39, 0.29) is 11.5 Å². The molecule has 0 saturated carbocycles. The van der Waals surface area contributed by atoms with Crippen molar-refractivity contribution in [2.75, 3.05) is 11.9 Å². The van der Waals surface area contributed by atoms with Gasteiger partial charge in [0, 0.05) is 5.56 Å². The van der Waals surface area contributed by atoms with Crippen LogP contribution in [0.4, 0.5) is 5.69 Å². The minimum Gasteiger partial charge on any atom is -0.494 e. The summed E-state index contributed by atoms with van der Waals surface area (Å²) < 4.78 is 5.35. The van der Waals surface area contributed by atoms with Crippen molar-refractivity contribution in [2.45, 2.75) is 6.92 Å². The molecule has 0 aliphatic carbocycles. The van der Waals surface area contributed by atoms with Crippen LogP contribution in [0.2, 0.25) is 0 Å². The second-order valence-corrected chi connectivity index (χ2v) is 4.32. The Balaban J connectivity index is 2.22. The number of nitrogens with one attached hydrogen (secondary N) is 1. The van der Waals surface area contributed by atoms with E-state index in [0.717, 1.165) is 0 Å². The molecule has 5 heteroatoms. The van der Waals surface area contributed by atoms with Gasteiger partial charge in [0.1, 0.15) is 5.75 Å². The van der Waals surface area contributed by atoms with E-state index in [1.165, 1.54) is 0 Å². The number of ether oxygens (including phenoxy) is 1. The molecule has 21 heavy (non-hydrogen) atoms. The fourth-order valence-corrected chi connectivity index (χ4v) is 1.90. The highest BCUT2D eigenvalue weighted by Gasteiger charge is 2.12. The molecule has 2 aromatic carbocycles. The maximum absolute atomic E-state index is 12.2. The van der Waals surface area contributed by atoms with Crippen LogP contribution in [0.25, 0.3) is 0 Å². The normalized spacial score (nSPS) is 9.95. The number of hydrogen-bond acceptors (Lipinski definition) is 3. The zero-order valence-electron chi connectivity index (χ0n) is 11.6. The molecule has 0 aliphatic rings. The lowest BCUT2D eigenvalue weighted by Crippen LogP contribution is -2.18. The molecule has 0 radical (unpaired) electrons. The Kier molecular flexibility index (Phi) is 4.56. The molecule has 0 aromatic heterocycles. The SMILES string of the molecule is CCOc1cccc(C(=O)Nc2ccccc2C(N)=O)c1. The topological polar surface area (TPSA) is 81.4 Å². The Morgan fingerprint density at radius 3 is 2.62 bits per heavy atom. The highest BCUT2D eigenvalue weighted by molar-refractivity contribution is 6.08. The van der Waals surface area contributed by atoms with Gasteiger partial charge >= 0.3 is 0 Å². The molecule has 0 heterocycles. The third-order valence-electron chi connectivity index (χ3n) is 2.85. The summed E-state index contributed by atoms with van der Waals surface area (Å²) in [4.78, 5) is 23.6. The molecule has 0 fully saturated rings. The van der Waals surface area contributed by atoms with Crippen LogP contribution in [0.5, 0.6) is 5.75 Å². The van der Waals surface area contributed by atoms with Crippen LogP contribution in [-0.4, -0.2) is 18.4 Å². The average Bonchev–Trinajstić information content (AvgIpc) is 2.48. The van der Waals surface area contributed by atoms with Crippen LogP contribution in [0.1, 0.15) is 27.6 Å². The first-order valence-electron chi connectivity index (χ1n) is 6.55. The number of amides is 2. The quantitative estimate of drug-likeness (QED) is 0.884. The number of nitrogens with two attached hydrogens (primary N) is 1. The smallest absolute Gasteiger partial charge is 0.255 e. The lowest BCUT2D eigenvalue weighted by molar-refractivity contribution is 0.100. The molecule has 5 nitrogen and oxygen atoms in total. The largest absolute Gasteiger partial charge is 0.494 e. The highest BCUT2D eigenvalue weighted by Crippen LogP contribution is 2.18. The van der Waals surface area contributed by atoms with Gasteiger partial charge in [-0.15, -0.1) is 0 Å². The van der Waals surface area contributed by atoms with Gasteiger partial charge in [-0.1, -0.05) is 18.2 Å². The molecule has 0 atom stereocenters. The first-order valence-corrected chi connectivity index (χ1v) is 6.55. The summed E-state index contributed by atoms with van der Waals surface area (Å²) >= 11 is 0. The maximum atomic E-state index is 12.2. The summed E-state index contributed by atoms with van der Waals surface area (Å²) in [6.07, 6.45) is 0. The number of rotatable bonds is 5. The second kappa shape index (κ2) is 6.56. The van der Waals surface area contributed by atoms with Crippen LogP contribution in [0.3, 0.4) is 0 Å². The van der Waals surface area contributed by atoms with Gasteiger partial charge in [-0.3, -0.25) is 9.59 Å². The fourth-order valence-electron chi connectivity index (χ4n) is 1.90. The van der Waals surface area contributed by atoms with E-state index in [2.05, 4.69) is 5.32 Å². The van der Waals surface area contributed by atoms with E-state index in [9.17, 15) is 9.59 Å². The number of hydrogen-bond donors (Lipinski definition) is 2. The molecule has 2 aromatic rings. The Hall–Kier alpha value is -2.82. The molecule has 0 saturated heterocycles. The summed E-state index contributed by atoms with van der Waals surface area (Å²) in [6, 6.07) is 13.4. The Labute approximate surface area is 122 Å². The standard InChI is InChI=1S/C16H16N2O3/c1-2-21-12-7-5-6-11(10-12)16(20)18-14-9-4-3-8-13(14)15(17)19/h3-10H,2H2,1H3,(H2,17,19)(H,18,20). The van der Waals surface area contributed by atoms with E-state index in [4.69, 9.17) is 10.5 Å². The maximum Gasteiger partial charge on any atom is 0.255 e. The average molecular weight is 284 g/mol. The van der Waals surface area contributed by atoms with Crippen LogP contribution < -0.4 is 15.8 Å². The summed E-state index contributed by atoms with van der Waals surface area (Å²) in [5, 5.41) is 2.68. The molecule has 0 unspecified atom stereocenters. The predicted octanol–water partition coefficient (Wildman–Crippen LogP) is 2.44. The third-order valence-corrected chi connectivity index (χ3v) is 2.85. The van der Waals surface area contributed by atoms with Crippen LogP contribution in [0, 0.1) is 0 Å². The van der Waals surface area contributed by atoms with Gasteiger partial charge in [0.25, 0.3) is 11.8 Å². The molecular weight excluding hydrogens is 268 g/mol. The monoisotopic (exact) mass is 284 g/mol. The van der Waals surface area contributed by atoms with E-state index < -0.39 is 5.91 Å². The third kappa shape index (κ3) is 3.60. The van der Waals surface area contributed by atoms with Crippen molar-refractivity contribution in [2.24, 2.45) is 5.73 Å². The predicted molar refractivity (Wildman–Crippen MR) is 80.5 cm³/mol. The van der Waals surface area contributed by atoms with Gasteiger partial charge in [-0.2, -0.15) is 0 Å². The van der Waals surface area contributed by atoms with Crippen molar-refractivity contribution in [3.63, 3.8) is 0 Å². The van der Waals surface area contributed by atoms with Crippen molar-refractivity contribution in [3.05, 3.63) is 59.7 Å². The molecule has 2 rings (SSSR count). The van der Waals surface area contributed by atoms with Gasteiger partial charge in [0.05, 0.1) is 17.9 Å². The van der Waals surface area contributed by atoms with Crippen LogP contribution in [0.15, 0.2) is 48.5 Å². The van der Waals surface area contributed by atoms with E-state index in [1.807, 2.05) is 6.92 Å². The molecule has 108 valence electrons. The Morgan fingerprint density at radius 2 is 1.90 bits per heavy atom. The minimum atomic E-state index is -0.589. The van der Waals surface area contributed by atoms with E-state index >= 15 is 0 Å². The first kappa shape index (κ1) is 14.6. The molecule has 0 spiro atoms. The van der Waals surface area contributed by atoms with Crippen molar-refractivity contribution < 1.29 is 14.3 Å². The Morgan fingerprint density at radius 1 is 1.14 bits per heavy atom. The first-order chi connectivity index (χ1) is 10.1. The lowest BCUT2D eigenvalue weighted by Gasteiger charge is -2.10. The van der Waals surface area contributed by atoms with Crippen LogP contribution in [-0.2, 0) is 0 Å². The van der Waals surface area contributed by atoms with E-state index in [1.54, 1.807) is 48.5 Å². The summed E-state index contributed by atoms with van der Waals surface area (Å²) in [7, 11) is 0. The minimum absolute atomic E-state index is 0.270. The van der Waals surface area contributed by atoms with Gasteiger partial charge in [-0.05, 0) is 37.3 Å². The fraction of sp³-hybridized carbons (Fsp3) is 0.125. The summed E-state index contributed by atoms with van der Waals surface area (Å²) in [6.45, 7) is 2.39. The number of primary amides is 1. The van der Waals surface area contributed by atoms with Gasteiger partial charge < -0.3 is 15.8 Å². The van der Waals surface area contributed by atoms with Crippen molar-refractivity contribution >= 4 is 17.5 Å². The number of carbonyl (C=O) groups is 2. The van der Waals surface area contributed by atoms with Crippen molar-refractivity contribution in [1.82, 2.24) is 0 Å². The van der Waals surface area contributed by atoms with Crippen LogP contribution >= 0.6 is 0 Å². The summed E-state index contributed by atoms with van der Waals surface area (Å²) in [5.74, 6) is -0.299. The molecular formula is C16H16N2O3. The van der Waals surface area contributed by atoms with Crippen molar-refractivity contribution in [1.29, 1.82) is 0 Å². The molecule has 0 aliphatic heterocycles. The Bertz CT molecular complexity index is 668. The molecule has 0 bridgehead atoms. The van der Waals surface area contributed by atoms with Crippen molar-refractivity contribution in [3.8, 4) is 5.75 Å². The summed E-state index contributed by atoms with van der Waals surface area (Å²) in [5.41, 5.74) is 6.38. The molecule has 2 amide bonds. The van der Waals surface area contributed by atoms with E-state index in [0.29, 0.717) is 23.6 Å². The van der Waals surface area contributed by atoms with Gasteiger partial charge in [0.2, 0.25) is 0 Å². The zero-order chi connectivity index (χ0) is 15.2. The molecule has 3 N–H and O–H groups in total. The lowest BCUT2D eigenvalue weighted by atomic mass is 10.1. The number of benzene rings is 2. The zero-order valence-corrected chi connectivity index (χ0v) is 11.6. The van der Waals surface area contributed by atoms with Gasteiger partial charge in [-0.25, -0.2) is 0 Å². The second-order valence-electron chi connectivity index (χ2n) is 4.32. The van der Waals surface area contributed by atoms with Gasteiger partial charge in [0.15, 0.2) is 0 Å². The highest BCUT2D eigenvalue weighted by atomic mass is 16.5. The number of para-hydroxylation sites is 1.